The number of hydrogen-bond donors (Lipinski definition) is 1. The molecule has 0 bridgehead atoms. The number of aryl methyl sites for hydroxylation is 1. The Morgan fingerprint density at radius 3 is 2.90 bits per heavy atom. The van der Waals surface area contributed by atoms with Crippen molar-refractivity contribution in [3.63, 3.8) is 0 Å². The van der Waals surface area contributed by atoms with Gasteiger partial charge in [0.15, 0.2) is 11.5 Å². The topological polar surface area (TPSA) is 60.5 Å². The van der Waals surface area contributed by atoms with E-state index in [-0.39, 0.29) is 12.5 Å². The van der Waals surface area contributed by atoms with Gasteiger partial charge in [0.2, 0.25) is 6.10 Å². The molecule has 0 saturated heterocycles. The molecule has 2 heterocycles. The number of nitrogens with zero attached hydrogens (tertiary/aromatic N) is 1. The highest BCUT2D eigenvalue weighted by molar-refractivity contribution is 9.10. The van der Waals surface area contributed by atoms with Gasteiger partial charge in [0.25, 0.3) is 5.91 Å². The smallest absolute Gasteiger partial charge is 0.270 e. The zero-order valence-electron chi connectivity index (χ0n) is 11.3. The SMILES string of the molecule is Cc1cc(Br)cnc1NC(=O)C1COc2ccccc2O1. The van der Waals surface area contributed by atoms with Gasteiger partial charge in [-0.1, -0.05) is 12.1 Å². The summed E-state index contributed by atoms with van der Waals surface area (Å²) >= 11 is 3.34. The van der Waals surface area contributed by atoms with Crippen LogP contribution in [-0.2, 0) is 4.79 Å². The second kappa shape index (κ2) is 5.73. The van der Waals surface area contributed by atoms with Crippen molar-refractivity contribution in [1.82, 2.24) is 4.98 Å². The van der Waals surface area contributed by atoms with Gasteiger partial charge in [-0.3, -0.25) is 4.79 Å². The van der Waals surface area contributed by atoms with Crippen LogP contribution in [0.15, 0.2) is 41.0 Å². The third-order valence-corrected chi connectivity index (χ3v) is 3.52. The number of ether oxygens (including phenoxy) is 2. The molecule has 1 unspecified atom stereocenters. The fourth-order valence-electron chi connectivity index (χ4n) is 2.02. The molecule has 1 atom stereocenters. The fourth-order valence-corrected chi connectivity index (χ4v) is 2.46. The Bertz CT molecular complexity index is 690. The van der Waals surface area contributed by atoms with Gasteiger partial charge in [0.05, 0.1) is 0 Å². The van der Waals surface area contributed by atoms with E-state index in [1.54, 1.807) is 12.3 Å². The molecule has 6 heteroatoms. The lowest BCUT2D eigenvalue weighted by atomic mass is 10.2. The van der Waals surface area contributed by atoms with Gasteiger partial charge in [-0.2, -0.15) is 0 Å². The number of benzene rings is 1. The Hall–Kier alpha value is -2.08. The molecule has 0 radical (unpaired) electrons. The van der Waals surface area contributed by atoms with Gasteiger partial charge in [-0.05, 0) is 46.6 Å². The first kappa shape index (κ1) is 13.9. The number of carbonyl (C=O) groups excluding carboxylic acids is 1. The van der Waals surface area contributed by atoms with E-state index >= 15 is 0 Å². The average Bonchev–Trinajstić information content (AvgIpc) is 2.49. The Morgan fingerprint density at radius 1 is 1.38 bits per heavy atom. The molecule has 0 aliphatic carbocycles. The molecule has 1 aliphatic heterocycles. The monoisotopic (exact) mass is 348 g/mol. The van der Waals surface area contributed by atoms with E-state index in [1.165, 1.54) is 0 Å². The van der Waals surface area contributed by atoms with Gasteiger partial charge < -0.3 is 14.8 Å². The van der Waals surface area contributed by atoms with Gasteiger partial charge >= 0.3 is 0 Å². The standard InChI is InChI=1S/C15H13BrN2O3/c1-9-6-10(16)7-17-14(9)18-15(19)13-8-20-11-4-2-3-5-12(11)21-13/h2-7,13H,8H2,1H3,(H,17,18,19). The summed E-state index contributed by atoms with van der Waals surface area (Å²) in [5.74, 6) is 1.47. The van der Waals surface area contributed by atoms with E-state index in [4.69, 9.17) is 9.47 Å². The van der Waals surface area contributed by atoms with Crippen LogP contribution in [0.3, 0.4) is 0 Å². The number of hydrogen-bond acceptors (Lipinski definition) is 4. The molecule has 21 heavy (non-hydrogen) atoms. The van der Waals surface area contributed by atoms with E-state index in [2.05, 4.69) is 26.2 Å². The average molecular weight is 349 g/mol. The van der Waals surface area contributed by atoms with Gasteiger partial charge in [0.1, 0.15) is 12.4 Å². The van der Waals surface area contributed by atoms with Crippen molar-refractivity contribution in [2.45, 2.75) is 13.0 Å². The van der Waals surface area contributed by atoms with Gasteiger partial charge in [-0.25, -0.2) is 4.98 Å². The maximum absolute atomic E-state index is 12.2. The molecule has 1 aliphatic rings. The highest BCUT2D eigenvalue weighted by Crippen LogP contribution is 2.31. The van der Waals surface area contributed by atoms with Crippen molar-refractivity contribution >= 4 is 27.7 Å². The summed E-state index contributed by atoms with van der Waals surface area (Å²) in [4.78, 5) is 16.4. The van der Waals surface area contributed by atoms with E-state index < -0.39 is 6.10 Å². The molecule has 1 aromatic heterocycles. The predicted octanol–water partition coefficient (Wildman–Crippen LogP) is 2.93. The predicted molar refractivity (Wildman–Crippen MR) is 81.7 cm³/mol. The number of rotatable bonds is 2. The Labute approximate surface area is 130 Å². The van der Waals surface area contributed by atoms with Crippen LogP contribution in [0.1, 0.15) is 5.56 Å². The summed E-state index contributed by atoms with van der Waals surface area (Å²) in [5.41, 5.74) is 0.870. The van der Waals surface area contributed by atoms with E-state index in [0.717, 1.165) is 10.0 Å². The van der Waals surface area contributed by atoms with Crippen LogP contribution in [0.5, 0.6) is 11.5 Å². The minimum Gasteiger partial charge on any atom is -0.485 e. The van der Waals surface area contributed by atoms with Crippen LogP contribution in [0, 0.1) is 6.92 Å². The molecule has 0 saturated carbocycles. The molecular weight excluding hydrogens is 336 g/mol. The van der Waals surface area contributed by atoms with E-state index in [9.17, 15) is 4.79 Å². The van der Waals surface area contributed by atoms with Gasteiger partial charge in [-0.15, -0.1) is 0 Å². The quantitative estimate of drug-likeness (QED) is 0.906. The highest BCUT2D eigenvalue weighted by Gasteiger charge is 2.27. The number of halogens is 1. The number of anilines is 1. The zero-order chi connectivity index (χ0) is 14.8. The first-order chi connectivity index (χ1) is 10.1. The van der Waals surface area contributed by atoms with Crippen molar-refractivity contribution in [3.8, 4) is 11.5 Å². The van der Waals surface area contributed by atoms with Crippen molar-refractivity contribution in [1.29, 1.82) is 0 Å². The van der Waals surface area contributed by atoms with Crippen LogP contribution in [0.4, 0.5) is 5.82 Å². The number of nitrogens with one attached hydrogen (secondary N) is 1. The van der Waals surface area contributed by atoms with E-state index in [1.807, 2.05) is 31.2 Å². The van der Waals surface area contributed by atoms with Crippen LogP contribution in [0.2, 0.25) is 0 Å². The molecule has 5 nitrogen and oxygen atoms in total. The zero-order valence-corrected chi connectivity index (χ0v) is 12.9. The Kier molecular flexibility index (Phi) is 3.79. The molecule has 1 N–H and O–H groups in total. The number of aromatic nitrogens is 1. The third-order valence-electron chi connectivity index (χ3n) is 3.09. The molecule has 2 aromatic rings. The summed E-state index contributed by atoms with van der Waals surface area (Å²) in [6.45, 7) is 2.05. The number of carbonyl (C=O) groups is 1. The maximum atomic E-state index is 12.2. The minimum atomic E-state index is -0.690. The van der Waals surface area contributed by atoms with Gasteiger partial charge in [0, 0.05) is 10.7 Å². The van der Waals surface area contributed by atoms with Crippen LogP contribution >= 0.6 is 15.9 Å². The highest BCUT2D eigenvalue weighted by atomic mass is 79.9. The van der Waals surface area contributed by atoms with Crippen molar-refractivity contribution in [2.24, 2.45) is 0 Å². The summed E-state index contributed by atoms with van der Waals surface area (Å²) in [5, 5.41) is 2.76. The lowest BCUT2D eigenvalue weighted by Crippen LogP contribution is -2.40. The Morgan fingerprint density at radius 2 is 2.14 bits per heavy atom. The second-order valence-corrected chi connectivity index (χ2v) is 5.59. The van der Waals surface area contributed by atoms with Crippen LogP contribution in [-0.4, -0.2) is 23.6 Å². The summed E-state index contributed by atoms with van der Waals surface area (Å²) in [7, 11) is 0. The number of fused-ring (bicyclic) bond motifs is 1. The molecule has 108 valence electrons. The summed E-state index contributed by atoms with van der Waals surface area (Å²) < 4.78 is 12.1. The molecular formula is C15H13BrN2O3. The molecule has 1 aromatic carbocycles. The van der Waals surface area contributed by atoms with E-state index in [0.29, 0.717) is 17.3 Å². The molecule has 0 fully saturated rings. The normalized spacial score (nSPS) is 16.4. The first-order valence-electron chi connectivity index (χ1n) is 6.45. The maximum Gasteiger partial charge on any atom is 0.270 e. The lowest BCUT2D eigenvalue weighted by Gasteiger charge is -2.25. The number of para-hydroxylation sites is 2. The first-order valence-corrected chi connectivity index (χ1v) is 7.24. The van der Waals surface area contributed by atoms with Crippen molar-refractivity contribution in [3.05, 3.63) is 46.6 Å². The largest absolute Gasteiger partial charge is 0.485 e. The molecule has 1 amide bonds. The van der Waals surface area contributed by atoms with Crippen LogP contribution in [0.25, 0.3) is 0 Å². The number of pyridine rings is 1. The molecule has 3 rings (SSSR count). The van der Waals surface area contributed by atoms with Crippen LogP contribution < -0.4 is 14.8 Å². The van der Waals surface area contributed by atoms with Crippen molar-refractivity contribution < 1.29 is 14.3 Å². The number of amides is 1. The minimum absolute atomic E-state index is 0.179. The third kappa shape index (κ3) is 3.00. The lowest BCUT2D eigenvalue weighted by molar-refractivity contribution is -0.125. The Balaban J connectivity index is 1.72. The molecule has 0 spiro atoms. The summed E-state index contributed by atoms with van der Waals surface area (Å²) in [6, 6.07) is 9.17. The second-order valence-electron chi connectivity index (χ2n) is 4.67. The summed E-state index contributed by atoms with van der Waals surface area (Å²) in [6.07, 6.45) is 0.945. The van der Waals surface area contributed by atoms with Crippen molar-refractivity contribution in [2.75, 3.05) is 11.9 Å². The fraction of sp³-hybridized carbons (Fsp3) is 0.200.